The number of anilines is 2. The molecule has 0 unspecified atom stereocenters. The molecular formula is C13H21F2N3. The van der Waals surface area contributed by atoms with Gasteiger partial charge in [0, 0.05) is 26.2 Å². The summed E-state index contributed by atoms with van der Waals surface area (Å²) in [5.74, 6) is -0.596. The Hall–Kier alpha value is -1.39. The van der Waals surface area contributed by atoms with Gasteiger partial charge in [-0.15, -0.1) is 0 Å². The highest BCUT2D eigenvalue weighted by Gasteiger charge is 2.15. The molecule has 1 aromatic rings. The zero-order chi connectivity index (χ0) is 13.7. The lowest BCUT2D eigenvalue weighted by molar-refractivity contribution is 0.563. The summed E-state index contributed by atoms with van der Waals surface area (Å²) in [6, 6.07) is 0.886. The number of hydrogen-bond acceptors (Lipinski definition) is 3. The van der Waals surface area contributed by atoms with Gasteiger partial charge in [0.05, 0.1) is 0 Å². The van der Waals surface area contributed by atoms with E-state index in [-0.39, 0.29) is 11.6 Å². The fraction of sp³-hybridized carbons (Fsp3) is 0.615. The fourth-order valence-electron chi connectivity index (χ4n) is 1.73. The van der Waals surface area contributed by atoms with Crippen molar-refractivity contribution in [1.29, 1.82) is 0 Å². The van der Waals surface area contributed by atoms with Gasteiger partial charge in [-0.1, -0.05) is 20.8 Å². The lowest BCUT2D eigenvalue weighted by atomic mass is 10.2. The number of rotatable bonds is 6. The lowest BCUT2D eigenvalue weighted by Crippen LogP contribution is -2.25. The summed E-state index contributed by atoms with van der Waals surface area (Å²) in [4.78, 5) is 5.73. The molecule has 0 amide bonds. The highest BCUT2D eigenvalue weighted by atomic mass is 19.1. The van der Waals surface area contributed by atoms with E-state index in [1.807, 2.05) is 20.8 Å². The third-order valence-electron chi connectivity index (χ3n) is 2.45. The van der Waals surface area contributed by atoms with Gasteiger partial charge in [-0.3, -0.25) is 0 Å². The molecule has 1 N–H and O–H groups in total. The lowest BCUT2D eigenvalue weighted by Gasteiger charge is -2.21. The van der Waals surface area contributed by atoms with E-state index < -0.39 is 11.6 Å². The van der Waals surface area contributed by atoms with E-state index in [1.54, 1.807) is 11.9 Å². The molecule has 0 fully saturated rings. The van der Waals surface area contributed by atoms with Crippen LogP contribution in [-0.4, -0.2) is 25.1 Å². The van der Waals surface area contributed by atoms with Crippen molar-refractivity contribution in [3.63, 3.8) is 0 Å². The zero-order valence-electron chi connectivity index (χ0n) is 11.4. The minimum Gasteiger partial charge on any atom is -0.368 e. The molecule has 0 aliphatic heterocycles. The van der Waals surface area contributed by atoms with Gasteiger partial charge in [-0.05, 0) is 12.3 Å². The number of halogens is 2. The van der Waals surface area contributed by atoms with Crippen LogP contribution in [-0.2, 0) is 0 Å². The Labute approximate surface area is 107 Å². The predicted octanol–water partition coefficient (Wildman–Crippen LogP) is 3.27. The second-order valence-electron chi connectivity index (χ2n) is 4.83. The monoisotopic (exact) mass is 257 g/mol. The first kappa shape index (κ1) is 14.7. The van der Waals surface area contributed by atoms with E-state index >= 15 is 0 Å². The van der Waals surface area contributed by atoms with Crippen molar-refractivity contribution in [2.45, 2.75) is 27.2 Å². The fourth-order valence-corrected chi connectivity index (χ4v) is 1.73. The number of nitrogens with zero attached hydrogens (tertiary/aromatic N) is 2. The minimum atomic E-state index is -0.650. The highest BCUT2D eigenvalue weighted by molar-refractivity contribution is 5.48. The Bertz CT molecular complexity index is 394. The molecule has 0 bridgehead atoms. The normalized spacial score (nSPS) is 10.8. The highest BCUT2D eigenvalue weighted by Crippen LogP contribution is 2.22. The maximum atomic E-state index is 13.7. The Balaban J connectivity index is 2.96. The topological polar surface area (TPSA) is 28.2 Å². The van der Waals surface area contributed by atoms with Crippen LogP contribution in [0.5, 0.6) is 0 Å². The van der Waals surface area contributed by atoms with Crippen molar-refractivity contribution >= 4 is 11.6 Å². The minimum absolute atomic E-state index is 0.115. The van der Waals surface area contributed by atoms with E-state index in [2.05, 4.69) is 10.3 Å². The Morgan fingerprint density at radius 1 is 1.33 bits per heavy atom. The molecular weight excluding hydrogens is 236 g/mol. The standard InChI is InChI=1S/C13H21F2N3/c1-5-6-16-12-10(14)7-11(15)13(17-12)18(4)8-9(2)3/h7,9H,5-6,8H2,1-4H3,(H,16,17). The molecule has 0 atom stereocenters. The van der Waals surface area contributed by atoms with Gasteiger partial charge in [-0.25, -0.2) is 13.8 Å². The third-order valence-corrected chi connectivity index (χ3v) is 2.45. The second-order valence-corrected chi connectivity index (χ2v) is 4.83. The number of pyridine rings is 1. The van der Waals surface area contributed by atoms with Crippen LogP contribution in [0.25, 0.3) is 0 Å². The largest absolute Gasteiger partial charge is 0.368 e. The van der Waals surface area contributed by atoms with Crippen LogP contribution in [0.15, 0.2) is 6.07 Å². The molecule has 1 rings (SSSR count). The van der Waals surface area contributed by atoms with E-state index in [0.29, 0.717) is 19.0 Å². The Kier molecular flexibility index (Phi) is 5.31. The summed E-state index contributed by atoms with van der Waals surface area (Å²) in [5, 5.41) is 2.86. The van der Waals surface area contributed by atoms with Gasteiger partial charge in [-0.2, -0.15) is 0 Å². The number of nitrogens with one attached hydrogen (secondary N) is 1. The summed E-state index contributed by atoms with van der Waals surface area (Å²) >= 11 is 0. The van der Waals surface area contributed by atoms with Crippen LogP contribution in [0.2, 0.25) is 0 Å². The van der Waals surface area contributed by atoms with Crippen LogP contribution in [0, 0.1) is 17.6 Å². The van der Waals surface area contributed by atoms with Crippen molar-refractivity contribution in [1.82, 2.24) is 4.98 Å². The van der Waals surface area contributed by atoms with Crippen molar-refractivity contribution in [2.24, 2.45) is 5.92 Å². The summed E-state index contributed by atoms with van der Waals surface area (Å²) < 4.78 is 27.2. The van der Waals surface area contributed by atoms with Gasteiger partial charge < -0.3 is 10.2 Å². The second kappa shape index (κ2) is 6.52. The van der Waals surface area contributed by atoms with Gasteiger partial charge in [0.25, 0.3) is 0 Å². The molecule has 3 nitrogen and oxygen atoms in total. The molecule has 1 aromatic heterocycles. The molecule has 0 spiro atoms. The smallest absolute Gasteiger partial charge is 0.168 e. The van der Waals surface area contributed by atoms with E-state index in [0.717, 1.165) is 12.5 Å². The Morgan fingerprint density at radius 2 is 2.00 bits per heavy atom. The van der Waals surface area contributed by atoms with Gasteiger partial charge in [0.15, 0.2) is 23.3 Å². The van der Waals surface area contributed by atoms with Crippen LogP contribution < -0.4 is 10.2 Å². The molecule has 18 heavy (non-hydrogen) atoms. The van der Waals surface area contributed by atoms with E-state index in [4.69, 9.17) is 0 Å². The molecule has 0 aromatic carbocycles. The van der Waals surface area contributed by atoms with Crippen molar-refractivity contribution in [2.75, 3.05) is 30.4 Å². The zero-order valence-corrected chi connectivity index (χ0v) is 11.4. The van der Waals surface area contributed by atoms with Crippen molar-refractivity contribution in [3.8, 4) is 0 Å². The maximum Gasteiger partial charge on any atom is 0.168 e. The van der Waals surface area contributed by atoms with Gasteiger partial charge in [0.2, 0.25) is 0 Å². The quantitative estimate of drug-likeness (QED) is 0.847. The number of hydrogen-bond donors (Lipinski definition) is 1. The third kappa shape index (κ3) is 3.82. The van der Waals surface area contributed by atoms with Crippen LogP contribution >= 0.6 is 0 Å². The summed E-state index contributed by atoms with van der Waals surface area (Å²) in [6.07, 6.45) is 0.857. The number of aromatic nitrogens is 1. The first-order valence-electron chi connectivity index (χ1n) is 6.26. The molecule has 1 heterocycles. The average molecular weight is 257 g/mol. The average Bonchev–Trinajstić information content (AvgIpc) is 2.26. The van der Waals surface area contributed by atoms with Crippen molar-refractivity contribution < 1.29 is 8.78 Å². The van der Waals surface area contributed by atoms with Gasteiger partial charge in [0.1, 0.15) is 0 Å². The van der Waals surface area contributed by atoms with Crippen LogP contribution in [0.1, 0.15) is 27.2 Å². The molecule has 5 heteroatoms. The summed E-state index contributed by atoms with van der Waals surface area (Å²) in [5.41, 5.74) is 0. The first-order valence-corrected chi connectivity index (χ1v) is 6.26. The van der Waals surface area contributed by atoms with E-state index in [1.165, 1.54) is 0 Å². The van der Waals surface area contributed by atoms with Crippen molar-refractivity contribution in [3.05, 3.63) is 17.7 Å². The predicted molar refractivity (Wildman–Crippen MR) is 71.0 cm³/mol. The molecule has 0 radical (unpaired) electrons. The summed E-state index contributed by atoms with van der Waals surface area (Å²) in [7, 11) is 1.76. The van der Waals surface area contributed by atoms with E-state index in [9.17, 15) is 8.78 Å². The van der Waals surface area contributed by atoms with Crippen LogP contribution in [0.4, 0.5) is 20.4 Å². The SMILES string of the molecule is CCCNc1nc(N(C)CC(C)C)c(F)cc1F. The first-order chi connectivity index (χ1) is 8.45. The Morgan fingerprint density at radius 3 is 2.56 bits per heavy atom. The van der Waals surface area contributed by atoms with Gasteiger partial charge >= 0.3 is 0 Å². The summed E-state index contributed by atoms with van der Waals surface area (Å²) in [6.45, 7) is 7.33. The molecule has 0 saturated carbocycles. The molecule has 0 aliphatic rings. The molecule has 0 saturated heterocycles. The van der Waals surface area contributed by atoms with Crippen LogP contribution in [0.3, 0.4) is 0 Å². The molecule has 102 valence electrons. The molecule has 0 aliphatic carbocycles. The maximum absolute atomic E-state index is 13.7.